The fourth-order valence-electron chi connectivity index (χ4n) is 1.57. The van der Waals surface area contributed by atoms with Crippen molar-refractivity contribution in [3.63, 3.8) is 0 Å². The molecule has 92 valence electrons. The van der Waals surface area contributed by atoms with Gasteiger partial charge < -0.3 is 15.6 Å². The first-order valence-electron chi connectivity index (χ1n) is 5.46. The molecule has 3 nitrogen and oxygen atoms in total. The maximum atomic E-state index is 10.7. The van der Waals surface area contributed by atoms with Crippen molar-refractivity contribution in [1.29, 1.82) is 0 Å². The number of carbonyl (C=O) groups excluding carboxylic acids is 1. The highest BCUT2D eigenvalue weighted by atomic mass is 32.2. The van der Waals surface area contributed by atoms with Crippen LogP contribution in [0.4, 0.5) is 5.69 Å². The highest BCUT2D eigenvalue weighted by Crippen LogP contribution is 2.30. The minimum atomic E-state index is -1.07. The maximum Gasteiger partial charge on any atom is 0.0458 e. The first-order chi connectivity index (χ1) is 8.65. The molecule has 0 spiro atoms. The molecule has 0 saturated carbocycles. The lowest BCUT2D eigenvalue weighted by Gasteiger charge is -2.09. The summed E-state index contributed by atoms with van der Waals surface area (Å²) in [5.41, 5.74) is 7.09. The number of nitrogens with two attached hydrogens (primary N) is 1. The number of aliphatic carboxylic acids is 1. The molecule has 2 N–H and O–H groups in total. The van der Waals surface area contributed by atoms with Gasteiger partial charge in [0, 0.05) is 27.9 Å². The summed E-state index contributed by atoms with van der Waals surface area (Å²) in [6.07, 6.45) is -0.0713. The van der Waals surface area contributed by atoms with Crippen molar-refractivity contribution in [3.05, 3.63) is 54.1 Å². The molecule has 0 radical (unpaired) electrons. The first-order valence-corrected chi connectivity index (χ1v) is 6.28. The molecular formula is C14H12NO2S-. The average molecular weight is 258 g/mol. The Labute approximate surface area is 110 Å². The van der Waals surface area contributed by atoms with Crippen LogP contribution in [0.25, 0.3) is 0 Å². The number of anilines is 1. The Kier molecular flexibility index (Phi) is 3.89. The van der Waals surface area contributed by atoms with Gasteiger partial charge in [0.1, 0.15) is 0 Å². The minimum Gasteiger partial charge on any atom is -0.550 e. The monoisotopic (exact) mass is 258 g/mol. The molecule has 0 aromatic heterocycles. The molecule has 2 aromatic rings. The molecule has 0 fully saturated rings. The molecule has 0 aliphatic heterocycles. The molecule has 0 aliphatic carbocycles. The van der Waals surface area contributed by atoms with Gasteiger partial charge in [0.25, 0.3) is 0 Å². The Balaban J connectivity index is 2.23. The molecule has 0 saturated heterocycles. The molecule has 2 aromatic carbocycles. The fourth-order valence-corrected chi connectivity index (χ4v) is 2.51. The summed E-state index contributed by atoms with van der Waals surface area (Å²) in [5, 5.41) is 10.7. The zero-order valence-corrected chi connectivity index (χ0v) is 10.4. The molecular weight excluding hydrogens is 246 g/mol. The zero-order valence-electron chi connectivity index (χ0n) is 9.63. The van der Waals surface area contributed by atoms with E-state index in [1.165, 1.54) is 11.8 Å². The van der Waals surface area contributed by atoms with Gasteiger partial charge in [-0.2, -0.15) is 0 Å². The predicted molar refractivity (Wildman–Crippen MR) is 70.1 cm³/mol. The van der Waals surface area contributed by atoms with Gasteiger partial charge in [-0.05, 0) is 35.9 Å². The molecule has 2 rings (SSSR count). The number of carbonyl (C=O) groups is 1. The summed E-state index contributed by atoms with van der Waals surface area (Å²) in [5.74, 6) is -1.07. The number of carboxylic acid groups (broad SMARTS) is 1. The van der Waals surface area contributed by atoms with Gasteiger partial charge in [-0.25, -0.2) is 0 Å². The maximum absolute atomic E-state index is 10.7. The molecule has 0 bridgehead atoms. The van der Waals surface area contributed by atoms with Crippen LogP contribution in [0.5, 0.6) is 0 Å². The van der Waals surface area contributed by atoms with Gasteiger partial charge in [-0.15, -0.1) is 0 Å². The molecule has 0 atom stereocenters. The van der Waals surface area contributed by atoms with E-state index in [1.807, 2.05) is 42.5 Å². The topological polar surface area (TPSA) is 66.2 Å². The lowest BCUT2D eigenvalue weighted by molar-refractivity contribution is -0.304. The predicted octanol–water partition coefficient (Wildman–Crippen LogP) is 1.71. The SMILES string of the molecule is Nc1ccc(Sc2ccccc2CC(=O)[O-])cc1. The molecule has 0 aliphatic rings. The van der Waals surface area contributed by atoms with E-state index in [2.05, 4.69) is 0 Å². The number of carboxylic acids is 1. The number of hydrogen-bond donors (Lipinski definition) is 1. The Hall–Kier alpha value is -1.94. The van der Waals surface area contributed by atoms with Crippen molar-refractivity contribution in [3.8, 4) is 0 Å². The van der Waals surface area contributed by atoms with Gasteiger partial charge in [0.15, 0.2) is 0 Å². The zero-order chi connectivity index (χ0) is 13.0. The van der Waals surface area contributed by atoms with Crippen LogP contribution < -0.4 is 10.8 Å². The summed E-state index contributed by atoms with van der Waals surface area (Å²) in [7, 11) is 0. The van der Waals surface area contributed by atoms with Gasteiger partial charge in [-0.1, -0.05) is 30.0 Å². The van der Waals surface area contributed by atoms with Gasteiger partial charge in [0.05, 0.1) is 0 Å². The summed E-state index contributed by atoms with van der Waals surface area (Å²) in [6, 6.07) is 14.9. The number of rotatable bonds is 4. The molecule has 4 heteroatoms. The van der Waals surface area contributed by atoms with Gasteiger partial charge in [0.2, 0.25) is 0 Å². The molecule has 0 amide bonds. The first kappa shape index (κ1) is 12.5. The van der Waals surface area contributed by atoms with Crippen molar-refractivity contribution in [2.75, 3.05) is 5.73 Å². The van der Waals surface area contributed by atoms with Gasteiger partial charge in [-0.3, -0.25) is 0 Å². The molecule has 0 heterocycles. The van der Waals surface area contributed by atoms with E-state index >= 15 is 0 Å². The third kappa shape index (κ3) is 3.28. The Bertz CT molecular complexity index is 552. The van der Waals surface area contributed by atoms with Crippen molar-refractivity contribution < 1.29 is 9.90 Å². The molecule has 0 unspecified atom stereocenters. The van der Waals surface area contributed by atoms with Gasteiger partial charge >= 0.3 is 0 Å². The van der Waals surface area contributed by atoms with Crippen LogP contribution in [0, 0.1) is 0 Å². The van der Waals surface area contributed by atoms with Crippen molar-refractivity contribution >= 4 is 23.4 Å². The Morgan fingerprint density at radius 2 is 1.78 bits per heavy atom. The Morgan fingerprint density at radius 1 is 1.11 bits per heavy atom. The quantitative estimate of drug-likeness (QED) is 0.848. The van der Waals surface area contributed by atoms with Crippen LogP contribution in [0.15, 0.2) is 58.3 Å². The van der Waals surface area contributed by atoms with E-state index in [-0.39, 0.29) is 6.42 Å². The highest BCUT2D eigenvalue weighted by Gasteiger charge is 2.04. The standard InChI is InChI=1S/C14H13NO2S/c15-11-5-7-12(8-6-11)18-13-4-2-1-3-10(13)9-14(16)17/h1-8H,9,15H2,(H,16,17)/p-1. The van der Waals surface area contributed by atoms with Crippen LogP contribution in [0.1, 0.15) is 5.56 Å². The Morgan fingerprint density at radius 3 is 2.44 bits per heavy atom. The fraction of sp³-hybridized carbons (Fsp3) is 0.0714. The van der Waals surface area contributed by atoms with Crippen LogP contribution >= 0.6 is 11.8 Å². The van der Waals surface area contributed by atoms with E-state index < -0.39 is 5.97 Å². The van der Waals surface area contributed by atoms with E-state index in [0.717, 1.165) is 15.4 Å². The smallest absolute Gasteiger partial charge is 0.0458 e. The summed E-state index contributed by atoms with van der Waals surface area (Å²) in [4.78, 5) is 12.6. The van der Waals surface area contributed by atoms with E-state index in [1.54, 1.807) is 6.07 Å². The van der Waals surface area contributed by atoms with Crippen LogP contribution in [-0.2, 0) is 11.2 Å². The average Bonchev–Trinajstić information content (AvgIpc) is 2.34. The van der Waals surface area contributed by atoms with Crippen molar-refractivity contribution in [2.45, 2.75) is 16.2 Å². The van der Waals surface area contributed by atoms with E-state index in [0.29, 0.717) is 5.69 Å². The normalized spacial score (nSPS) is 10.2. The lowest BCUT2D eigenvalue weighted by atomic mass is 10.1. The second-order valence-corrected chi connectivity index (χ2v) is 4.94. The number of benzene rings is 2. The summed E-state index contributed by atoms with van der Waals surface area (Å²) in [6.45, 7) is 0. The summed E-state index contributed by atoms with van der Waals surface area (Å²) < 4.78 is 0. The largest absolute Gasteiger partial charge is 0.550 e. The van der Waals surface area contributed by atoms with Crippen LogP contribution in [0.3, 0.4) is 0 Å². The number of nitrogen functional groups attached to an aromatic ring is 1. The molecule has 18 heavy (non-hydrogen) atoms. The van der Waals surface area contributed by atoms with Crippen LogP contribution in [-0.4, -0.2) is 5.97 Å². The second-order valence-electron chi connectivity index (χ2n) is 3.83. The van der Waals surface area contributed by atoms with E-state index in [4.69, 9.17) is 5.73 Å². The highest BCUT2D eigenvalue weighted by molar-refractivity contribution is 7.99. The third-order valence-corrected chi connectivity index (χ3v) is 3.54. The number of hydrogen-bond acceptors (Lipinski definition) is 4. The second kappa shape index (κ2) is 5.60. The van der Waals surface area contributed by atoms with E-state index in [9.17, 15) is 9.90 Å². The van der Waals surface area contributed by atoms with Crippen molar-refractivity contribution in [1.82, 2.24) is 0 Å². The summed E-state index contributed by atoms with van der Waals surface area (Å²) >= 11 is 1.52. The van der Waals surface area contributed by atoms with Crippen LogP contribution in [0.2, 0.25) is 0 Å². The minimum absolute atomic E-state index is 0.0713. The third-order valence-electron chi connectivity index (χ3n) is 2.42. The lowest BCUT2D eigenvalue weighted by Crippen LogP contribution is -2.24. The van der Waals surface area contributed by atoms with Crippen molar-refractivity contribution in [2.24, 2.45) is 0 Å².